The summed E-state index contributed by atoms with van der Waals surface area (Å²) in [7, 11) is 0. The first-order valence-corrected chi connectivity index (χ1v) is 7.23. The van der Waals surface area contributed by atoms with Gasteiger partial charge in [-0.3, -0.25) is 0 Å². The summed E-state index contributed by atoms with van der Waals surface area (Å²) < 4.78 is 0. The molecule has 0 aromatic heterocycles. The molecule has 0 aromatic rings. The van der Waals surface area contributed by atoms with E-state index in [1.165, 1.54) is 71.0 Å². The van der Waals surface area contributed by atoms with Gasteiger partial charge in [0.15, 0.2) is 0 Å². The highest BCUT2D eigenvalue weighted by molar-refractivity contribution is 4.81. The molecule has 1 heterocycles. The van der Waals surface area contributed by atoms with E-state index in [0.29, 0.717) is 5.41 Å². The Bertz CT molecular complexity index is 191. The fourth-order valence-electron chi connectivity index (χ4n) is 3.25. The molecule has 94 valence electrons. The molecule has 2 N–H and O–H groups in total. The molecule has 1 aliphatic heterocycles. The normalized spacial score (nSPS) is 29.4. The van der Waals surface area contributed by atoms with Gasteiger partial charge in [-0.25, -0.2) is 0 Å². The Balaban J connectivity index is 1.56. The zero-order valence-electron chi connectivity index (χ0n) is 10.9. The molecule has 0 spiro atoms. The van der Waals surface area contributed by atoms with Crippen molar-refractivity contribution in [2.24, 2.45) is 5.41 Å². The van der Waals surface area contributed by atoms with Crippen molar-refractivity contribution in [3.63, 3.8) is 0 Å². The summed E-state index contributed by atoms with van der Waals surface area (Å²) in [6.45, 7) is 6.14. The molecule has 0 aromatic carbocycles. The maximum atomic E-state index is 3.68. The van der Waals surface area contributed by atoms with Crippen LogP contribution in [0.25, 0.3) is 0 Å². The van der Waals surface area contributed by atoms with E-state index in [2.05, 4.69) is 17.6 Å². The van der Waals surface area contributed by atoms with Gasteiger partial charge < -0.3 is 10.6 Å². The molecule has 1 unspecified atom stereocenters. The minimum Gasteiger partial charge on any atom is -0.316 e. The lowest BCUT2D eigenvalue weighted by atomic mass is 9.76. The minimum absolute atomic E-state index is 0.599. The summed E-state index contributed by atoms with van der Waals surface area (Å²) in [5, 5.41) is 7.25. The van der Waals surface area contributed by atoms with Crippen molar-refractivity contribution < 1.29 is 0 Å². The fourth-order valence-corrected chi connectivity index (χ4v) is 3.25. The Kier molecular flexibility index (Phi) is 4.66. The first-order chi connectivity index (χ1) is 7.79. The van der Waals surface area contributed by atoms with Gasteiger partial charge in [-0.1, -0.05) is 26.2 Å². The largest absolute Gasteiger partial charge is 0.316 e. The molecule has 1 atom stereocenters. The number of hydrogen-bond donors (Lipinski definition) is 2. The van der Waals surface area contributed by atoms with E-state index in [-0.39, 0.29) is 0 Å². The van der Waals surface area contributed by atoms with Crippen LogP contribution in [0, 0.1) is 5.41 Å². The summed E-state index contributed by atoms with van der Waals surface area (Å²) in [4.78, 5) is 0. The predicted octanol–water partition coefficient (Wildman–Crippen LogP) is 2.69. The third kappa shape index (κ3) is 3.74. The first-order valence-electron chi connectivity index (χ1n) is 7.23. The van der Waals surface area contributed by atoms with Crippen LogP contribution in [-0.4, -0.2) is 25.7 Å². The summed E-state index contributed by atoms with van der Waals surface area (Å²) in [5.41, 5.74) is 0.599. The summed E-state index contributed by atoms with van der Waals surface area (Å²) in [6, 6.07) is 0.798. The second-order valence-corrected chi connectivity index (χ2v) is 6.13. The van der Waals surface area contributed by atoms with Gasteiger partial charge >= 0.3 is 0 Å². The second-order valence-electron chi connectivity index (χ2n) is 6.13. The number of hydrogen-bond acceptors (Lipinski definition) is 2. The van der Waals surface area contributed by atoms with E-state index in [0.717, 1.165) is 6.04 Å². The van der Waals surface area contributed by atoms with E-state index >= 15 is 0 Å². The maximum absolute atomic E-state index is 3.68. The van der Waals surface area contributed by atoms with Crippen LogP contribution < -0.4 is 10.6 Å². The lowest BCUT2D eigenvalue weighted by Crippen LogP contribution is -2.35. The third-order valence-corrected chi connectivity index (χ3v) is 4.44. The summed E-state index contributed by atoms with van der Waals surface area (Å²) in [5.74, 6) is 0. The summed E-state index contributed by atoms with van der Waals surface area (Å²) in [6.07, 6.45) is 11.3. The zero-order chi connectivity index (χ0) is 11.3. The van der Waals surface area contributed by atoms with Crippen LogP contribution in [0.1, 0.15) is 58.3 Å². The molecule has 2 aliphatic rings. The lowest BCUT2D eigenvalue weighted by Gasteiger charge is -2.34. The van der Waals surface area contributed by atoms with Gasteiger partial charge in [0.25, 0.3) is 0 Å². The topological polar surface area (TPSA) is 24.1 Å². The standard InChI is InChI=1S/C14H28N2/c1-14(8-3-2-4-9-14)12-15-11-7-13-6-5-10-16-13/h13,15-16H,2-12H2,1H3. The summed E-state index contributed by atoms with van der Waals surface area (Å²) >= 11 is 0. The van der Waals surface area contributed by atoms with E-state index in [1.807, 2.05) is 0 Å². The molecule has 1 saturated carbocycles. The van der Waals surface area contributed by atoms with Crippen molar-refractivity contribution in [1.29, 1.82) is 0 Å². The third-order valence-electron chi connectivity index (χ3n) is 4.44. The van der Waals surface area contributed by atoms with Crippen LogP contribution in [0.2, 0.25) is 0 Å². The molecule has 1 aliphatic carbocycles. The lowest BCUT2D eigenvalue weighted by molar-refractivity contribution is 0.207. The Morgan fingerprint density at radius 3 is 2.69 bits per heavy atom. The second kappa shape index (κ2) is 6.02. The zero-order valence-corrected chi connectivity index (χ0v) is 10.9. The Labute approximate surface area is 101 Å². The minimum atomic E-state index is 0.599. The van der Waals surface area contributed by atoms with Gasteiger partial charge in [-0.15, -0.1) is 0 Å². The van der Waals surface area contributed by atoms with Gasteiger partial charge in [0.1, 0.15) is 0 Å². The van der Waals surface area contributed by atoms with Gasteiger partial charge in [-0.2, -0.15) is 0 Å². The van der Waals surface area contributed by atoms with Gasteiger partial charge in [0, 0.05) is 12.6 Å². The fraction of sp³-hybridized carbons (Fsp3) is 1.00. The van der Waals surface area contributed by atoms with Crippen molar-refractivity contribution in [2.75, 3.05) is 19.6 Å². The van der Waals surface area contributed by atoms with Crippen LogP contribution in [0.15, 0.2) is 0 Å². The molecule has 2 fully saturated rings. The molecular weight excluding hydrogens is 196 g/mol. The predicted molar refractivity (Wildman–Crippen MR) is 69.7 cm³/mol. The molecule has 2 nitrogen and oxygen atoms in total. The van der Waals surface area contributed by atoms with Crippen molar-refractivity contribution in [1.82, 2.24) is 10.6 Å². The smallest absolute Gasteiger partial charge is 0.00796 e. The molecule has 0 radical (unpaired) electrons. The highest BCUT2D eigenvalue weighted by Gasteiger charge is 2.26. The Morgan fingerprint density at radius 1 is 1.19 bits per heavy atom. The average Bonchev–Trinajstić information content (AvgIpc) is 2.78. The van der Waals surface area contributed by atoms with Crippen LogP contribution in [0.4, 0.5) is 0 Å². The highest BCUT2D eigenvalue weighted by Crippen LogP contribution is 2.34. The van der Waals surface area contributed by atoms with E-state index in [1.54, 1.807) is 0 Å². The van der Waals surface area contributed by atoms with E-state index in [4.69, 9.17) is 0 Å². The van der Waals surface area contributed by atoms with E-state index < -0.39 is 0 Å². The molecule has 2 heteroatoms. The van der Waals surface area contributed by atoms with Crippen molar-refractivity contribution in [2.45, 2.75) is 64.3 Å². The molecule has 0 bridgehead atoms. The number of rotatable bonds is 5. The molecular formula is C14H28N2. The van der Waals surface area contributed by atoms with Gasteiger partial charge in [0.2, 0.25) is 0 Å². The average molecular weight is 224 g/mol. The monoisotopic (exact) mass is 224 g/mol. The quantitative estimate of drug-likeness (QED) is 0.702. The Morgan fingerprint density at radius 2 is 2.00 bits per heavy atom. The molecule has 0 amide bonds. The Hall–Kier alpha value is -0.0800. The number of nitrogens with one attached hydrogen (secondary N) is 2. The van der Waals surface area contributed by atoms with Crippen molar-refractivity contribution >= 4 is 0 Å². The van der Waals surface area contributed by atoms with Crippen molar-refractivity contribution in [3.05, 3.63) is 0 Å². The highest BCUT2D eigenvalue weighted by atomic mass is 15.0. The van der Waals surface area contributed by atoms with E-state index in [9.17, 15) is 0 Å². The van der Waals surface area contributed by atoms with Crippen LogP contribution >= 0.6 is 0 Å². The molecule has 1 saturated heterocycles. The molecule has 2 rings (SSSR count). The van der Waals surface area contributed by atoms with Crippen LogP contribution in [-0.2, 0) is 0 Å². The first kappa shape index (κ1) is 12.4. The SMILES string of the molecule is CC1(CNCCC2CCCN2)CCCCC1. The maximum Gasteiger partial charge on any atom is 0.00796 e. The van der Waals surface area contributed by atoms with Crippen molar-refractivity contribution in [3.8, 4) is 0 Å². The van der Waals surface area contributed by atoms with Gasteiger partial charge in [0.05, 0.1) is 0 Å². The van der Waals surface area contributed by atoms with Crippen LogP contribution in [0.5, 0.6) is 0 Å². The van der Waals surface area contributed by atoms with Crippen LogP contribution in [0.3, 0.4) is 0 Å². The molecule has 16 heavy (non-hydrogen) atoms. The van der Waals surface area contributed by atoms with Gasteiger partial charge in [-0.05, 0) is 50.6 Å².